The molecule has 1 aliphatic rings. The minimum absolute atomic E-state index is 0.0295. The third-order valence-electron chi connectivity index (χ3n) is 5.16. The molecule has 2 amide bonds. The molecule has 0 radical (unpaired) electrons. The van der Waals surface area contributed by atoms with E-state index >= 15 is 0 Å². The van der Waals surface area contributed by atoms with Crippen LogP contribution in [0.4, 0.5) is 5.69 Å². The molecule has 29 heavy (non-hydrogen) atoms. The first-order valence-electron chi connectivity index (χ1n) is 10.3. The van der Waals surface area contributed by atoms with Gasteiger partial charge in [0, 0.05) is 55.9 Å². The van der Waals surface area contributed by atoms with E-state index in [1.165, 1.54) is 0 Å². The molecule has 0 aromatic heterocycles. The molecule has 1 unspecified atom stereocenters. The van der Waals surface area contributed by atoms with Crippen molar-refractivity contribution in [3.63, 3.8) is 0 Å². The molecule has 0 spiro atoms. The van der Waals surface area contributed by atoms with Gasteiger partial charge in [-0.25, -0.2) is 0 Å². The van der Waals surface area contributed by atoms with Gasteiger partial charge in [0.25, 0.3) is 5.91 Å². The van der Waals surface area contributed by atoms with E-state index in [0.29, 0.717) is 44.6 Å². The molecule has 1 heterocycles. The average molecular weight is 404 g/mol. The number of carbonyl (C=O) groups is 2. The van der Waals surface area contributed by atoms with E-state index in [2.05, 4.69) is 16.0 Å². The summed E-state index contributed by atoms with van der Waals surface area (Å²) in [6.45, 7) is 6.14. The zero-order valence-electron chi connectivity index (χ0n) is 17.3. The Morgan fingerprint density at radius 2 is 2.07 bits per heavy atom. The Kier molecular flexibility index (Phi) is 9.08. The van der Waals surface area contributed by atoms with Crippen LogP contribution in [0.1, 0.15) is 38.7 Å². The summed E-state index contributed by atoms with van der Waals surface area (Å²) in [7, 11) is 0. The van der Waals surface area contributed by atoms with Crippen LogP contribution >= 0.6 is 0 Å². The van der Waals surface area contributed by atoms with Crippen molar-refractivity contribution in [2.45, 2.75) is 45.2 Å². The van der Waals surface area contributed by atoms with Crippen molar-refractivity contribution in [3.8, 4) is 0 Å². The van der Waals surface area contributed by atoms with E-state index in [4.69, 9.17) is 10.5 Å². The Bertz CT molecular complexity index is 709. The lowest BCUT2D eigenvalue weighted by atomic mass is 10.0. The summed E-state index contributed by atoms with van der Waals surface area (Å²) in [5, 5.41) is 26.8. The van der Waals surface area contributed by atoms with Gasteiger partial charge in [-0.3, -0.25) is 15.0 Å². The van der Waals surface area contributed by atoms with Crippen LogP contribution in [0.3, 0.4) is 0 Å². The predicted molar refractivity (Wildman–Crippen MR) is 114 cm³/mol. The Morgan fingerprint density at radius 3 is 2.76 bits per heavy atom. The zero-order valence-corrected chi connectivity index (χ0v) is 17.3. The lowest BCUT2D eigenvalue weighted by Gasteiger charge is -2.20. The summed E-state index contributed by atoms with van der Waals surface area (Å²) < 4.78 is 0. The number of amides is 2. The Morgan fingerprint density at radius 1 is 1.31 bits per heavy atom. The van der Waals surface area contributed by atoms with Crippen LogP contribution in [0.25, 0.3) is 0 Å². The SMILES string of the molecule is CCNc1ccccc1C(=N)C(=O)NC1CN[C@H](CCC(=O)N(CC)CCO)C1. The second kappa shape index (κ2) is 11.5. The summed E-state index contributed by atoms with van der Waals surface area (Å²) in [6.07, 6.45) is 1.83. The van der Waals surface area contributed by atoms with E-state index in [1.807, 2.05) is 32.0 Å². The highest BCUT2D eigenvalue weighted by Crippen LogP contribution is 2.17. The van der Waals surface area contributed by atoms with Crippen molar-refractivity contribution in [1.82, 2.24) is 15.5 Å². The Labute approximate surface area is 172 Å². The third-order valence-corrected chi connectivity index (χ3v) is 5.16. The maximum absolute atomic E-state index is 12.6. The summed E-state index contributed by atoms with van der Waals surface area (Å²) in [6, 6.07) is 7.42. The van der Waals surface area contributed by atoms with Gasteiger partial charge in [-0.05, 0) is 32.8 Å². The first kappa shape index (κ1) is 22.8. The van der Waals surface area contributed by atoms with E-state index in [9.17, 15) is 9.59 Å². The molecule has 160 valence electrons. The van der Waals surface area contributed by atoms with Gasteiger partial charge in [0.2, 0.25) is 5.91 Å². The number of nitrogens with zero attached hydrogens (tertiary/aromatic N) is 1. The van der Waals surface area contributed by atoms with Crippen LogP contribution in [0.5, 0.6) is 0 Å². The molecule has 1 aliphatic heterocycles. The van der Waals surface area contributed by atoms with Crippen LogP contribution in [-0.2, 0) is 9.59 Å². The van der Waals surface area contributed by atoms with Crippen molar-refractivity contribution in [2.24, 2.45) is 0 Å². The molecule has 0 saturated carbocycles. The van der Waals surface area contributed by atoms with Gasteiger partial charge in [-0.1, -0.05) is 18.2 Å². The number of rotatable bonds is 11. The number of hydrogen-bond donors (Lipinski definition) is 5. The molecule has 5 N–H and O–H groups in total. The summed E-state index contributed by atoms with van der Waals surface area (Å²) in [5.41, 5.74) is 1.31. The Hall–Kier alpha value is -2.45. The van der Waals surface area contributed by atoms with Gasteiger partial charge in [-0.2, -0.15) is 0 Å². The fourth-order valence-electron chi connectivity index (χ4n) is 3.61. The molecule has 8 heteroatoms. The van der Waals surface area contributed by atoms with E-state index in [-0.39, 0.29) is 36.2 Å². The largest absolute Gasteiger partial charge is 0.395 e. The molecule has 0 aliphatic carbocycles. The highest BCUT2D eigenvalue weighted by atomic mass is 16.3. The minimum Gasteiger partial charge on any atom is -0.395 e. The molecular weight excluding hydrogens is 370 g/mol. The average Bonchev–Trinajstić information content (AvgIpc) is 3.17. The fourth-order valence-corrected chi connectivity index (χ4v) is 3.61. The topological polar surface area (TPSA) is 118 Å². The van der Waals surface area contributed by atoms with E-state index < -0.39 is 0 Å². The smallest absolute Gasteiger partial charge is 0.270 e. The fraction of sp³-hybridized carbons (Fsp3) is 0.571. The van der Waals surface area contributed by atoms with Gasteiger partial charge >= 0.3 is 0 Å². The number of benzene rings is 1. The van der Waals surface area contributed by atoms with Crippen LogP contribution in [0, 0.1) is 5.41 Å². The number of anilines is 1. The molecule has 1 aromatic rings. The number of aliphatic hydroxyl groups excluding tert-OH is 1. The lowest BCUT2D eigenvalue weighted by molar-refractivity contribution is -0.131. The first-order valence-corrected chi connectivity index (χ1v) is 10.3. The van der Waals surface area contributed by atoms with Gasteiger partial charge in [0.1, 0.15) is 5.71 Å². The molecule has 0 bridgehead atoms. The van der Waals surface area contributed by atoms with Gasteiger partial charge in [0.15, 0.2) is 0 Å². The first-order chi connectivity index (χ1) is 14.0. The number of para-hydroxylation sites is 1. The number of carbonyl (C=O) groups excluding carboxylic acids is 2. The maximum Gasteiger partial charge on any atom is 0.270 e. The molecule has 1 fully saturated rings. The Balaban J connectivity index is 1.83. The predicted octanol–water partition coefficient (Wildman–Crippen LogP) is 0.954. The lowest BCUT2D eigenvalue weighted by Crippen LogP contribution is -2.40. The second-order valence-electron chi connectivity index (χ2n) is 7.20. The molecule has 8 nitrogen and oxygen atoms in total. The zero-order chi connectivity index (χ0) is 21.2. The van der Waals surface area contributed by atoms with Crippen molar-refractivity contribution in [3.05, 3.63) is 29.8 Å². The van der Waals surface area contributed by atoms with Crippen LogP contribution in [-0.4, -0.2) is 72.4 Å². The number of hydrogen-bond acceptors (Lipinski definition) is 6. The minimum atomic E-state index is -0.390. The molecular formula is C21H33N5O3. The molecule has 1 aromatic carbocycles. The van der Waals surface area contributed by atoms with Crippen LogP contribution in [0.15, 0.2) is 24.3 Å². The van der Waals surface area contributed by atoms with Gasteiger partial charge in [0.05, 0.1) is 6.61 Å². The third kappa shape index (κ3) is 6.54. The van der Waals surface area contributed by atoms with Crippen molar-refractivity contribution in [2.75, 3.05) is 38.1 Å². The van der Waals surface area contributed by atoms with Crippen LogP contribution in [0.2, 0.25) is 0 Å². The van der Waals surface area contributed by atoms with Gasteiger partial charge in [-0.15, -0.1) is 0 Å². The highest BCUT2D eigenvalue weighted by Gasteiger charge is 2.27. The molecule has 1 saturated heterocycles. The monoisotopic (exact) mass is 403 g/mol. The molecule has 2 rings (SSSR count). The van der Waals surface area contributed by atoms with Crippen molar-refractivity contribution >= 4 is 23.2 Å². The number of nitrogens with one attached hydrogen (secondary N) is 4. The number of likely N-dealkylation sites (N-methyl/N-ethyl adjacent to an activating group) is 1. The van der Waals surface area contributed by atoms with E-state index in [1.54, 1.807) is 11.0 Å². The maximum atomic E-state index is 12.6. The van der Waals surface area contributed by atoms with Crippen molar-refractivity contribution < 1.29 is 14.7 Å². The van der Waals surface area contributed by atoms with Gasteiger partial charge < -0.3 is 26.0 Å². The quantitative estimate of drug-likeness (QED) is 0.353. The standard InChI is InChI=1S/C21H33N5O3/c1-3-23-18-8-6-5-7-17(18)20(22)21(29)25-16-13-15(24-14-16)9-10-19(28)26(4-2)11-12-27/h5-8,15-16,22-24,27H,3-4,9-14H2,1-2H3,(H,25,29)/t15-,16?/m1/s1. The highest BCUT2D eigenvalue weighted by molar-refractivity contribution is 6.45. The van der Waals surface area contributed by atoms with Crippen molar-refractivity contribution in [1.29, 1.82) is 5.41 Å². The van der Waals surface area contributed by atoms with E-state index in [0.717, 1.165) is 12.1 Å². The second-order valence-corrected chi connectivity index (χ2v) is 7.20. The van der Waals surface area contributed by atoms with Crippen LogP contribution < -0.4 is 16.0 Å². The normalized spacial score (nSPS) is 18.3. The summed E-state index contributed by atoms with van der Waals surface area (Å²) in [5.74, 6) is -0.350. The molecule has 2 atom stereocenters. The number of aliphatic hydroxyl groups is 1. The summed E-state index contributed by atoms with van der Waals surface area (Å²) in [4.78, 5) is 26.4. The summed E-state index contributed by atoms with van der Waals surface area (Å²) >= 11 is 0.